The van der Waals surface area contributed by atoms with E-state index in [2.05, 4.69) is 30.7 Å². The molecule has 0 spiro atoms. The van der Waals surface area contributed by atoms with Gasteiger partial charge >= 0.3 is 0 Å². The number of ether oxygens (including phenoxy) is 1. The van der Waals surface area contributed by atoms with Crippen LogP contribution in [0.2, 0.25) is 0 Å². The van der Waals surface area contributed by atoms with Gasteiger partial charge in [0, 0.05) is 17.4 Å². The van der Waals surface area contributed by atoms with Gasteiger partial charge in [-0.05, 0) is 31.0 Å². The third kappa shape index (κ3) is 2.97. The van der Waals surface area contributed by atoms with Gasteiger partial charge in [0.25, 0.3) is 0 Å². The van der Waals surface area contributed by atoms with Crippen molar-refractivity contribution in [1.29, 1.82) is 0 Å². The zero-order valence-corrected chi connectivity index (χ0v) is 12.3. The van der Waals surface area contributed by atoms with Gasteiger partial charge in [0.15, 0.2) is 5.82 Å². The molecule has 0 N–H and O–H groups in total. The van der Waals surface area contributed by atoms with Crippen LogP contribution in [0.5, 0.6) is 5.75 Å². The molecule has 2 heterocycles. The van der Waals surface area contributed by atoms with E-state index in [1.165, 1.54) is 19.3 Å². The van der Waals surface area contributed by atoms with E-state index in [4.69, 9.17) is 4.74 Å². The molecule has 1 aliphatic heterocycles. The summed E-state index contributed by atoms with van der Waals surface area (Å²) in [6, 6.07) is 7.85. The number of fused-ring (bicyclic) bond motifs is 1. The zero-order chi connectivity index (χ0) is 13.1. The number of halogens is 1. The minimum atomic E-state index is 0.476. The van der Waals surface area contributed by atoms with E-state index in [1.807, 2.05) is 24.3 Å². The van der Waals surface area contributed by atoms with Gasteiger partial charge in [0.1, 0.15) is 18.2 Å². The van der Waals surface area contributed by atoms with Gasteiger partial charge in [-0.2, -0.15) is 0 Å². The number of nitrogens with zero attached hydrogens (tertiary/aromatic N) is 3. The minimum absolute atomic E-state index is 0.476. The second-order valence-electron chi connectivity index (χ2n) is 4.74. The minimum Gasteiger partial charge on any atom is -0.486 e. The lowest BCUT2D eigenvalue weighted by molar-refractivity contribution is 0.288. The van der Waals surface area contributed by atoms with Crippen LogP contribution in [-0.4, -0.2) is 14.8 Å². The summed E-state index contributed by atoms with van der Waals surface area (Å²) < 4.78 is 9.02. The Hall–Kier alpha value is -1.36. The lowest BCUT2D eigenvalue weighted by Crippen LogP contribution is -2.08. The molecule has 1 aromatic carbocycles. The second-order valence-corrected chi connectivity index (χ2v) is 5.66. The van der Waals surface area contributed by atoms with Crippen LogP contribution in [0.3, 0.4) is 0 Å². The van der Waals surface area contributed by atoms with Crippen LogP contribution in [0.25, 0.3) is 0 Å². The first kappa shape index (κ1) is 12.7. The molecule has 0 amide bonds. The molecule has 0 unspecified atom stereocenters. The highest BCUT2D eigenvalue weighted by Gasteiger charge is 2.14. The first-order valence-electron chi connectivity index (χ1n) is 6.62. The number of aromatic nitrogens is 3. The lowest BCUT2D eigenvalue weighted by Gasteiger charge is -2.08. The first-order valence-corrected chi connectivity index (χ1v) is 7.41. The molecule has 1 aromatic heterocycles. The van der Waals surface area contributed by atoms with Gasteiger partial charge in [0.2, 0.25) is 0 Å². The van der Waals surface area contributed by atoms with Crippen LogP contribution in [0.15, 0.2) is 28.7 Å². The van der Waals surface area contributed by atoms with Gasteiger partial charge in [-0.1, -0.05) is 28.4 Å². The number of benzene rings is 1. The summed E-state index contributed by atoms with van der Waals surface area (Å²) in [4.78, 5) is 0. The van der Waals surface area contributed by atoms with Gasteiger partial charge in [-0.15, -0.1) is 10.2 Å². The Kier molecular flexibility index (Phi) is 3.82. The maximum atomic E-state index is 5.78. The molecule has 3 rings (SSSR count). The van der Waals surface area contributed by atoms with Gasteiger partial charge in [0.05, 0.1) is 0 Å². The van der Waals surface area contributed by atoms with Crippen molar-refractivity contribution in [2.75, 3.05) is 0 Å². The highest BCUT2D eigenvalue weighted by atomic mass is 79.9. The SMILES string of the molecule is Brc1cccc(OCc2nnc3n2CCCCC3)c1. The number of hydrogen-bond acceptors (Lipinski definition) is 3. The fourth-order valence-corrected chi connectivity index (χ4v) is 2.73. The normalized spacial score (nSPS) is 14.8. The summed E-state index contributed by atoms with van der Waals surface area (Å²) in [5.74, 6) is 2.88. The molecule has 5 heteroatoms. The van der Waals surface area contributed by atoms with Gasteiger partial charge in [-0.3, -0.25) is 0 Å². The molecule has 1 aliphatic rings. The van der Waals surface area contributed by atoms with Crippen molar-refractivity contribution < 1.29 is 4.74 Å². The number of aryl methyl sites for hydroxylation is 1. The maximum Gasteiger partial charge on any atom is 0.171 e. The third-order valence-electron chi connectivity index (χ3n) is 3.35. The fraction of sp³-hybridized carbons (Fsp3) is 0.429. The Morgan fingerprint density at radius 1 is 1.21 bits per heavy atom. The molecule has 0 bridgehead atoms. The standard InChI is InChI=1S/C14H16BrN3O/c15-11-5-4-6-12(9-11)19-10-14-17-16-13-7-2-1-3-8-18(13)14/h4-6,9H,1-3,7-8,10H2. The average Bonchev–Trinajstić information content (AvgIpc) is 2.64. The molecule has 4 nitrogen and oxygen atoms in total. The van der Waals surface area contributed by atoms with Gasteiger partial charge < -0.3 is 9.30 Å². The van der Waals surface area contributed by atoms with E-state index in [-0.39, 0.29) is 0 Å². The first-order chi connectivity index (χ1) is 9.33. The van der Waals surface area contributed by atoms with Crippen molar-refractivity contribution in [2.45, 2.75) is 38.8 Å². The van der Waals surface area contributed by atoms with Crippen molar-refractivity contribution in [1.82, 2.24) is 14.8 Å². The highest BCUT2D eigenvalue weighted by molar-refractivity contribution is 9.10. The summed E-state index contributed by atoms with van der Waals surface area (Å²) in [7, 11) is 0. The Balaban J connectivity index is 1.72. The predicted octanol–water partition coefficient (Wildman–Crippen LogP) is 3.35. The van der Waals surface area contributed by atoms with Crippen molar-refractivity contribution in [3.05, 3.63) is 40.4 Å². The van der Waals surface area contributed by atoms with Crippen LogP contribution in [0.4, 0.5) is 0 Å². The Bertz CT molecular complexity index is 568. The van der Waals surface area contributed by atoms with Crippen molar-refractivity contribution >= 4 is 15.9 Å². The molecule has 0 saturated carbocycles. The molecular formula is C14H16BrN3O. The average molecular weight is 322 g/mol. The molecule has 19 heavy (non-hydrogen) atoms. The van der Waals surface area contributed by atoms with E-state index in [1.54, 1.807) is 0 Å². The number of rotatable bonds is 3. The monoisotopic (exact) mass is 321 g/mol. The largest absolute Gasteiger partial charge is 0.486 e. The summed E-state index contributed by atoms with van der Waals surface area (Å²) in [5, 5.41) is 8.52. The molecule has 0 aliphatic carbocycles. The Morgan fingerprint density at radius 2 is 2.16 bits per heavy atom. The van der Waals surface area contributed by atoms with Crippen molar-refractivity contribution in [3.63, 3.8) is 0 Å². The van der Waals surface area contributed by atoms with E-state index in [0.717, 1.165) is 34.8 Å². The van der Waals surface area contributed by atoms with Crippen LogP contribution >= 0.6 is 15.9 Å². The van der Waals surface area contributed by atoms with E-state index >= 15 is 0 Å². The highest BCUT2D eigenvalue weighted by Crippen LogP contribution is 2.20. The third-order valence-corrected chi connectivity index (χ3v) is 3.84. The van der Waals surface area contributed by atoms with Crippen LogP contribution in [-0.2, 0) is 19.6 Å². The van der Waals surface area contributed by atoms with Crippen LogP contribution in [0.1, 0.15) is 30.9 Å². The summed E-state index contributed by atoms with van der Waals surface area (Å²) in [5.41, 5.74) is 0. The van der Waals surface area contributed by atoms with Crippen LogP contribution < -0.4 is 4.74 Å². The molecule has 100 valence electrons. The van der Waals surface area contributed by atoms with Crippen molar-refractivity contribution in [2.24, 2.45) is 0 Å². The molecule has 0 atom stereocenters. The fourth-order valence-electron chi connectivity index (χ4n) is 2.36. The quantitative estimate of drug-likeness (QED) is 0.870. The van der Waals surface area contributed by atoms with Crippen LogP contribution in [0, 0.1) is 0 Å². The maximum absolute atomic E-state index is 5.78. The summed E-state index contributed by atoms with van der Waals surface area (Å²) in [6.45, 7) is 1.49. The van der Waals surface area contributed by atoms with E-state index < -0.39 is 0 Å². The molecule has 2 aromatic rings. The Labute approximate surface area is 120 Å². The lowest BCUT2D eigenvalue weighted by atomic mass is 10.2. The summed E-state index contributed by atoms with van der Waals surface area (Å²) >= 11 is 3.44. The van der Waals surface area contributed by atoms with Gasteiger partial charge in [-0.25, -0.2) is 0 Å². The number of hydrogen-bond donors (Lipinski definition) is 0. The molecular weight excluding hydrogens is 306 g/mol. The second kappa shape index (κ2) is 5.74. The smallest absolute Gasteiger partial charge is 0.171 e. The molecule has 0 fully saturated rings. The topological polar surface area (TPSA) is 39.9 Å². The van der Waals surface area contributed by atoms with E-state index in [9.17, 15) is 0 Å². The Morgan fingerprint density at radius 3 is 3.05 bits per heavy atom. The predicted molar refractivity (Wildman–Crippen MR) is 76.1 cm³/mol. The van der Waals surface area contributed by atoms with E-state index in [0.29, 0.717) is 6.61 Å². The summed E-state index contributed by atoms with van der Waals surface area (Å²) in [6.07, 6.45) is 4.72. The molecule has 0 saturated heterocycles. The zero-order valence-electron chi connectivity index (χ0n) is 10.7. The van der Waals surface area contributed by atoms with Crippen molar-refractivity contribution in [3.8, 4) is 5.75 Å². The molecule has 0 radical (unpaired) electrons.